The van der Waals surface area contributed by atoms with Crippen LogP contribution in [0, 0.1) is 6.92 Å². The topological polar surface area (TPSA) is 23.5 Å². The van der Waals surface area contributed by atoms with Crippen molar-refractivity contribution in [3.8, 4) is 0 Å². The fraction of sp³-hybridized carbons (Fsp3) is 0.538. The van der Waals surface area contributed by atoms with E-state index in [4.69, 9.17) is 0 Å². The second-order valence-corrected chi connectivity index (χ2v) is 4.19. The minimum atomic E-state index is -0.209. The van der Waals surface area contributed by atoms with E-state index in [1.165, 1.54) is 11.1 Å². The van der Waals surface area contributed by atoms with E-state index in [9.17, 15) is 5.11 Å². The number of benzene rings is 1. The molecule has 0 bridgehead atoms. The van der Waals surface area contributed by atoms with Crippen molar-refractivity contribution in [2.75, 3.05) is 13.6 Å². The van der Waals surface area contributed by atoms with E-state index in [1.54, 1.807) is 0 Å². The Morgan fingerprint density at radius 2 is 2.00 bits per heavy atom. The highest BCUT2D eigenvalue weighted by Gasteiger charge is 2.07. The molecule has 1 aromatic carbocycles. The highest BCUT2D eigenvalue weighted by atomic mass is 16.3. The Balaban J connectivity index is 2.51. The van der Waals surface area contributed by atoms with Crippen LogP contribution in [0.25, 0.3) is 0 Å². The summed E-state index contributed by atoms with van der Waals surface area (Å²) >= 11 is 0. The predicted molar refractivity (Wildman–Crippen MR) is 63.8 cm³/mol. The maximum atomic E-state index is 9.53. The van der Waals surface area contributed by atoms with E-state index in [0.717, 1.165) is 19.5 Å². The van der Waals surface area contributed by atoms with Crippen molar-refractivity contribution in [3.63, 3.8) is 0 Å². The second kappa shape index (κ2) is 5.89. The molecule has 0 aromatic heterocycles. The van der Waals surface area contributed by atoms with E-state index in [-0.39, 0.29) is 6.10 Å². The molecule has 0 amide bonds. The monoisotopic (exact) mass is 207 g/mol. The van der Waals surface area contributed by atoms with Gasteiger partial charge in [0.05, 0.1) is 6.10 Å². The summed E-state index contributed by atoms with van der Waals surface area (Å²) in [4.78, 5) is 2.16. The van der Waals surface area contributed by atoms with Crippen LogP contribution in [0.5, 0.6) is 0 Å². The highest BCUT2D eigenvalue weighted by Crippen LogP contribution is 2.09. The number of aliphatic hydroxyl groups is 1. The number of likely N-dealkylation sites (N-methyl/N-ethyl adjacent to an activating group) is 1. The molecule has 1 atom stereocenters. The molecule has 0 aliphatic carbocycles. The number of aryl methyl sites for hydroxylation is 1. The molecule has 1 N–H and O–H groups in total. The average Bonchev–Trinajstić information content (AvgIpc) is 2.21. The van der Waals surface area contributed by atoms with Gasteiger partial charge in [0.1, 0.15) is 0 Å². The molecule has 0 spiro atoms. The van der Waals surface area contributed by atoms with Crippen LogP contribution in [0.15, 0.2) is 24.3 Å². The number of rotatable bonds is 5. The predicted octanol–water partition coefficient (Wildman–Crippen LogP) is 2.20. The minimum Gasteiger partial charge on any atom is -0.392 e. The lowest BCUT2D eigenvalue weighted by molar-refractivity contribution is 0.119. The Morgan fingerprint density at radius 1 is 1.33 bits per heavy atom. The molecule has 15 heavy (non-hydrogen) atoms. The van der Waals surface area contributed by atoms with Gasteiger partial charge in [-0.1, -0.05) is 31.2 Å². The molecule has 0 radical (unpaired) electrons. The van der Waals surface area contributed by atoms with Gasteiger partial charge in [0.15, 0.2) is 0 Å². The Labute approximate surface area is 92.5 Å². The first-order valence-corrected chi connectivity index (χ1v) is 5.54. The average molecular weight is 207 g/mol. The summed E-state index contributed by atoms with van der Waals surface area (Å²) in [7, 11) is 2.05. The Morgan fingerprint density at radius 3 is 2.60 bits per heavy atom. The zero-order valence-corrected chi connectivity index (χ0v) is 9.90. The summed E-state index contributed by atoms with van der Waals surface area (Å²) in [6, 6.07) is 8.38. The molecule has 0 heterocycles. The van der Waals surface area contributed by atoms with Crippen molar-refractivity contribution in [3.05, 3.63) is 35.4 Å². The number of hydrogen-bond donors (Lipinski definition) is 1. The van der Waals surface area contributed by atoms with Crippen molar-refractivity contribution in [1.29, 1.82) is 0 Å². The van der Waals surface area contributed by atoms with Gasteiger partial charge in [0, 0.05) is 13.1 Å². The van der Waals surface area contributed by atoms with Gasteiger partial charge in [-0.15, -0.1) is 0 Å². The van der Waals surface area contributed by atoms with E-state index < -0.39 is 0 Å². The van der Waals surface area contributed by atoms with Crippen molar-refractivity contribution in [2.24, 2.45) is 0 Å². The van der Waals surface area contributed by atoms with Crippen LogP contribution in [-0.2, 0) is 6.54 Å². The van der Waals surface area contributed by atoms with E-state index >= 15 is 0 Å². The number of hydrogen-bond acceptors (Lipinski definition) is 2. The summed E-state index contributed by atoms with van der Waals surface area (Å²) in [6.07, 6.45) is 0.608. The molecule has 0 fully saturated rings. The number of aliphatic hydroxyl groups excluding tert-OH is 1. The van der Waals surface area contributed by atoms with Gasteiger partial charge in [-0.3, -0.25) is 4.90 Å². The minimum absolute atomic E-state index is 0.209. The van der Waals surface area contributed by atoms with Crippen LogP contribution in [0.2, 0.25) is 0 Å². The van der Waals surface area contributed by atoms with Crippen LogP contribution in [0.4, 0.5) is 0 Å². The maximum absolute atomic E-state index is 9.53. The molecular formula is C13H21NO. The van der Waals surface area contributed by atoms with Crippen molar-refractivity contribution in [1.82, 2.24) is 4.90 Å². The molecular weight excluding hydrogens is 186 g/mol. The Hall–Kier alpha value is -0.860. The van der Waals surface area contributed by atoms with Crippen LogP contribution in [0.1, 0.15) is 24.5 Å². The quantitative estimate of drug-likeness (QED) is 0.800. The number of nitrogens with zero attached hydrogens (tertiary/aromatic N) is 1. The molecule has 1 unspecified atom stereocenters. The van der Waals surface area contributed by atoms with Crippen LogP contribution >= 0.6 is 0 Å². The van der Waals surface area contributed by atoms with E-state index in [2.05, 4.69) is 36.1 Å². The van der Waals surface area contributed by atoms with Crippen molar-refractivity contribution in [2.45, 2.75) is 32.9 Å². The van der Waals surface area contributed by atoms with Gasteiger partial charge in [-0.2, -0.15) is 0 Å². The third-order valence-corrected chi connectivity index (χ3v) is 2.70. The molecule has 2 nitrogen and oxygen atoms in total. The lowest BCUT2D eigenvalue weighted by Crippen LogP contribution is -2.28. The summed E-state index contributed by atoms with van der Waals surface area (Å²) in [6.45, 7) is 5.78. The SMILES string of the molecule is CCC(O)CN(C)Cc1ccccc1C. The van der Waals surface area contributed by atoms with Gasteiger partial charge >= 0.3 is 0 Å². The zero-order chi connectivity index (χ0) is 11.3. The highest BCUT2D eigenvalue weighted by molar-refractivity contribution is 5.25. The third-order valence-electron chi connectivity index (χ3n) is 2.70. The van der Waals surface area contributed by atoms with Crippen LogP contribution in [0.3, 0.4) is 0 Å². The van der Waals surface area contributed by atoms with Crippen LogP contribution in [-0.4, -0.2) is 29.7 Å². The first-order valence-electron chi connectivity index (χ1n) is 5.54. The lowest BCUT2D eigenvalue weighted by atomic mass is 10.1. The molecule has 0 saturated heterocycles. The van der Waals surface area contributed by atoms with E-state index in [1.807, 2.05) is 14.0 Å². The van der Waals surface area contributed by atoms with E-state index in [0.29, 0.717) is 0 Å². The molecule has 0 saturated carbocycles. The van der Waals surface area contributed by atoms with Gasteiger partial charge in [-0.05, 0) is 31.5 Å². The molecule has 0 aliphatic rings. The maximum Gasteiger partial charge on any atom is 0.0664 e. The van der Waals surface area contributed by atoms with Gasteiger partial charge < -0.3 is 5.11 Å². The third kappa shape index (κ3) is 4.02. The molecule has 1 rings (SSSR count). The summed E-state index contributed by atoms with van der Waals surface area (Å²) in [5, 5.41) is 9.53. The van der Waals surface area contributed by atoms with Crippen molar-refractivity contribution >= 4 is 0 Å². The van der Waals surface area contributed by atoms with Gasteiger partial charge in [-0.25, -0.2) is 0 Å². The largest absolute Gasteiger partial charge is 0.392 e. The Bertz CT molecular complexity index is 298. The van der Waals surface area contributed by atoms with Crippen LogP contribution < -0.4 is 0 Å². The smallest absolute Gasteiger partial charge is 0.0664 e. The summed E-state index contributed by atoms with van der Waals surface area (Å²) in [5.74, 6) is 0. The normalized spacial score (nSPS) is 13.1. The standard InChI is InChI=1S/C13H21NO/c1-4-13(15)10-14(3)9-12-8-6-5-7-11(12)2/h5-8,13,15H,4,9-10H2,1-3H3. The van der Waals surface area contributed by atoms with Gasteiger partial charge in [0.2, 0.25) is 0 Å². The summed E-state index contributed by atoms with van der Waals surface area (Å²) in [5.41, 5.74) is 2.65. The Kier molecular flexibility index (Phi) is 4.79. The lowest BCUT2D eigenvalue weighted by Gasteiger charge is -2.20. The first-order chi connectivity index (χ1) is 7.13. The van der Waals surface area contributed by atoms with Gasteiger partial charge in [0.25, 0.3) is 0 Å². The first kappa shape index (κ1) is 12.2. The summed E-state index contributed by atoms with van der Waals surface area (Å²) < 4.78 is 0. The second-order valence-electron chi connectivity index (χ2n) is 4.19. The fourth-order valence-corrected chi connectivity index (χ4v) is 1.63. The fourth-order valence-electron chi connectivity index (χ4n) is 1.63. The van der Waals surface area contributed by atoms with Crippen molar-refractivity contribution < 1.29 is 5.11 Å². The molecule has 0 aliphatic heterocycles. The zero-order valence-electron chi connectivity index (χ0n) is 9.90. The molecule has 84 valence electrons. The molecule has 2 heteroatoms. The molecule has 1 aromatic rings.